The van der Waals surface area contributed by atoms with Gasteiger partial charge in [-0.2, -0.15) is 0 Å². The molecular formula is C86H155NO8. The smallest absolute Gasteiger partial charge is 0.306 e. The third-order valence-electron chi connectivity index (χ3n) is 18.1. The summed E-state index contributed by atoms with van der Waals surface area (Å²) in [5, 5.41) is 11.9. The molecule has 0 aromatic heterocycles. The van der Waals surface area contributed by atoms with E-state index < -0.39 is 24.3 Å². The van der Waals surface area contributed by atoms with Crippen LogP contribution in [0, 0.1) is 0 Å². The van der Waals surface area contributed by atoms with Crippen molar-refractivity contribution < 1.29 is 42.9 Å². The number of ether oxygens (including phenoxy) is 4. The Labute approximate surface area is 589 Å². The van der Waals surface area contributed by atoms with Crippen LogP contribution >= 0.6 is 0 Å². The quantitative estimate of drug-likeness (QED) is 0.0195. The average Bonchev–Trinajstić information content (AvgIpc) is 2.92. The van der Waals surface area contributed by atoms with Crippen LogP contribution in [-0.4, -0.2) is 82.3 Å². The molecule has 0 amide bonds. The molecule has 2 unspecified atom stereocenters. The fourth-order valence-electron chi connectivity index (χ4n) is 12.0. The molecule has 0 aliphatic heterocycles. The second-order valence-electron chi connectivity index (χ2n) is 28.7. The molecule has 0 aromatic rings. The Morgan fingerprint density at radius 2 is 0.600 bits per heavy atom. The topological polar surface area (TPSA) is 111 Å². The fourth-order valence-corrected chi connectivity index (χ4v) is 12.0. The number of carboxylic acid groups (broad SMARTS) is 1. The van der Waals surface area contributed by atoms with Crippen LogP contribution in [0.5, 0.6) is 0 Å². The van der Waals surface area contributed by atoms with Gasteiger partial charge >= 0.3 is 11.9 Å². The molecule has 552 valence electrons. The van der Waals surface area contributed by atoms with Gasteiger partial charge in [-0.25, -0.2) is 0 Å². The van der Waals surface area contributed by atoms with Crippen molar-refractivity contribution in [2.75, 3.05) is 47.5 Å². The zero-order chi connectivity index (χ0) is 69.0. The van der Waals surface area contributed by atoms with Crippen LogP contribution in [0.4, 0.5) is 0 Å². The first kappa shape index (κ1) is 91.5. The fraction of sp³-hybridized carbons (Fsp3) is 0.802. The molecule has 9 heteroatoms. The third-order valence-corrected chi connectivity index (χ3v) is 18.1. The number of esters is 2. The number of carbonyl (C=O) groups is 3. The SMILES string of the molecule is CC/C=C\C/C=C\C/C=C\C/C=C\CCCCCCCCCCCCCCCCCCCCCCCCCCCCC(=O)OC(COC(=O)CCCCCCCCCCCCCCCCCC/C=C\C/C=C\C/C=C\CCCCCCC)COC(OCC[N+](C)(C)C)C(=O)[O-]. The van der Waals surface area contributed by atoms with E-state index in [1.165, 1.54) is 283 Å². The maximum Gasteiger partial charge on any atom is 0.306 e. The lowest BCUT2D eigenvalue weighted by Gasteiger charge is -2.26. The molecule has 0 saturated heterocycles. The second-order valence-corrected chi connectivity index (χ2v) is 28.7. The molecule has 0 saturated carbocycles. The van der Waals surface area contributed by atoms with Gasteiger partial charge in [0.25, 0.3) is 0 Å². The maximum atomic E-state index is 13.0. The van der Waals surface area contributed by atoms with E-state index in [-0.39, 0.29) is 32.2 Å². The highest BCUT2D eigenvalue weighted by atomic mass is 16.7. The summed E-state index contributed by atoms with van der Waals surface area (Å²) in [5.41, 5.74) is 0. The first-order valence-corrected chi connectivity index (χ1v) is 40.7. The van der Waals surface area contributed by atoms with Crippen LogP contribution in [0.1, 0.15) is 386 Å². The van der Waals surface area contributed by atoms with E-state index in [2.05, 4.69) is 98.9 Å². The molecule has 0 aliphatic rings. The Morgan fingerprint density at radius 3 is 0.895 bits per heavy atom. The van der Waals surface area contributed by atoms with Gasteiger partial charge in [0, 0.05) is 12.8 Å². The zero-order valence-corrected chi connectivity index (χ0v) is 63.3. The molecule has 0 spiro atoms. The summed E-state index contributed by atoms with van der Waals surface area (Å²) in [6, 6.07) is 0. The van der Waals surface area contributed by atoms with E-state index in [4.69, 9.17) is 18.9 Å². The Morgan fingerprint density at radius 1 is 0.326 bits per heavy atom. The Hall–Kier alpha value is -3.53. The predicted octanol–water partition coefficient (Wildman–Crippen LogP) is 24.8. The third kappa shape index (κ3) is 77.7. The Bertz CT molecular complexity index is 1840. The van der Waals surface area contributed by atoms with Gasteiger partial charge in [-0.15, -0.1) is 0 Å². The lowest BCUT2D eigenvalue weighted by molar-refractivity contribution is -0.870. The highest BCUT2D eigenvalue weighted by Crippen LogP contribution is 2.19. The number of nitrogens with zero attached hydrogens (tertiary/aromatic N) is 1. The first-order valence-electron chi connectivity index (χ1n) is 40.7. The van der Waals surface area contributed by atoms with Gasteiger partial charge in [0.1, 0.15) is 13.2 Å². The van der Waals surface area contributed by atoms with Crippen LogP contribution in [0.3, 0.4) is 0 Å². The van der Waals surface area contributed by atoms with Crippen LogP contribution < -0.4 is 5.11 Å². The number of carbonyl (C=O) groups excluding carboxylic acids is 3. The van der Waals surface area contributed by atoms with Crippen molar-refractivity contribution in [1.29, 1.82) is 0 Å². The number of quaternary nitrogens is 1. The van der Waals surface area contributed by atoms with Crippen LogP contribution in [0.25, 0.3) is 0 Å². The number of rotatable bonds is 76. The molecule has 0 aromatic carbocycles. The van der Waals surface area contributed by atoms with Crippen molar-refractivity contribution in [2.45, 2.75) is 399 Å². The molecule has 0 bridgehead atoms. The number of carboxylic acids is 1. The van der Waals surface area contributed by atoms with Gasteiger partial charge < -0.3 is 33.3 Å². The van der Waals surface area contributed by atoms with Gasteiger partial charge in [0.05, 0.1) is 40.3 Å². The minimum absolute atomic E-state index is 0.148. The monoisotopic (exact) mass is 1330 g/mol. The number of unbranched alkanes of at least 4 members (excludes halogenated alkanes) is 47. The predicted molar refractivity (Wildman–Crippen MR) is 408 cm³/mol. The largest absolute Gasteiger partial charge is 0.545 e. The van der Waals surface area contributed by atoms with Crippen LogP contribution in [0.2, 0.25) is 0 Å². The van der Waals surface area contributed by atoms with E-state index in [0.717, 1.165) is 70.6 Å². The van der Waals surface area contributed by atoms with Crippen molar-refractivity contribution in [3.05, 3.63) is 85.1 Å². The van der Waals surface area contributed by atoms with Gasteiger partial charge in [-0.3, -0.25) is 9.59 Å². The normalized spacial score (nSPS) is 13.1. The summed E-state index contributed by atoms with van der Waals surface area (Å²) in [6.45, 7) is 4.68. The molecule has 0 fully saturated rings. The maximum absolute atomic E-state index is 13.0. The molecule has 95 heavy (non-hydrogen) atoms. The van der Waals surface area contributed by atoms with Gasteiger partial charge in [0.15, 0.2) is 12.4 Å². The second kappa shape index (κ2) is 76.2. The summed E-state index contributed by atoms with van der Waals surface area (Å²) in [7, 11) is 5.95. The van der Waals surface area contributed by atoms with Crippen molar-refractivity contribution >= 4 is 17.9 Å². The molecule has 0 N–H and O–H groups in total. The summed E-state index contributed by atoms with van der Waals surface area (Å²) in [5.74, 6) is -2.26. The highest BCUT2D eigenvalue weighted by Gasteiger charge is 2.22. The van der Waals surface area contributed by atoms with E-state index in [1.54, 1.807) is 0 Å². The lowest BCUT2D eigenvalue weighted by atomic mass is 10.0. The van der Waals surface area contributed by atoms with E-state index in [0.29, 0.717) is 23.9 Å². The lowest BCUT2D eigenvalue weighted by Crippen LogP contribution is -2.44. The summed E-state index contributed by atoms with van der Waals surface area (Å²) in [6.07, 6.45) is 101. The molecule has 0 heterocycles. The van der Waals surface area contributed by atoms with Crippen molar-refractivity contribution in [3.63, 3.8) is 0 Å². The number of aliphatic carboxylic acids is 1. The molecular weight excluding hydrogens is 1170 g/mol. The summed E-state index contributed by atoms with van der Waals surface area (Å²) in [4.78, 5) is 37.6. The van der Waals surface area contributed by atoms with Crippen molar-refractivity contribution in [2.24, 2.45) is 0 Å². The van der Waals surface area contributed by atoms with Crippen LogP contribution in [0.15, 0.2) is 85.1 Å². The van der Waals surface area contributed by atoms with Gasteiger partial charge in [-0.05, 0) is 89.9 Å². The van der Waals surface area contributed by atoms with E-state index in [9.17, 15) is 19.5 Å². The zero-order valence-electron chi connectivity index (χ0n) is 63.3. The highest BCUT2D eigenvalue weighted by molar-refractivity contribution is 5.70. The standard InChI is InChI=1S/C86H155NO8/c1-6-8-10-12-14-16-18-20-22-24-26-28-30-32-34-36-38-39-40-41-42-43-44-45-47-49-51-53-55-57-59-61-63-65-67-69-71-73-75-77-84(89)95-82(81-94-86(85(90)91)92-79-78-87(3,4)5)80-93-83(88)76-74-72-70-68-66-64-62-60-58-56-54-52-50-48-46-37-35-33-31-29-27-25-23-21-19-17-15-13-11-9-7-2/h8,10,14,16,19-22,25-28,31,33,82,86H,6-7,9,11-13,15,17-18,23-24,29-30,32,34-81H2,1-5H3/b10-8-,16-14-,21-19-,22-20-,27-25-,28-26-,33-31-. The van der Waals surface area contributed by atoms with E-state index >= 15 is 0 Å². The molecule has 0 radical (unpaired) electrons. The molecule has 2 atom stereocenters. The Kier molecular flexibility index (Phi) is 73.4. The minimum atomic E-state index is -1.62. The molecule has 0 rings (SSSR count). The van der Waals surface area contributed by atoms with Crippen molar-refractivity contribution in [1.82, 2.24) is 0 Å². The number of hydrogen-bond acceptors (Lipinski definition) is 8. The van der Waals surface area contributed by atoms with Crippen molar-refractivity contribution in [3.8, 4) is 0 Å². The summed E-state index contributed by atoms with van der Waals surface area (Å²) < 4.78 is 22.9. The number of hydrogen-bond donors (Lipinski definition) is 0. The molecule has 9 nitrogen and oxygen atoms in total. The van der Waals surface area contributed by atoms with Crippen LogP contribution in [-0.2, 0) is 33.3 Å². The molecule has 0 aliphatic carbocycles. The van der Waals surface area contributed by atoms with Gasteiger partial charge in [0.2, 0.25) is 0 Å². The number of allylic oxidation sites excluding steroid dienone is 14. The Balaban J connectivity index is 3.97. The van der Waals surface area contributed by atoms with E-state index in [1.807, 2.05) is 21.1 Å². The average molecular weight is 1330 g/mol. The first-order chi connectivity index (χ1) is 46.6. The van der Waals surface area contributed by atoms with Gasteiger partial charge in [-0.1, -0.05) is 369 Å². The summed E-state index contributed by atoms with van der Waals surface area (Å²) >= 11 is 0. The minimum Gasteiger partial charge on any atom is -0.545 e. The number of likely N-dealkylation sites (N-methyl/N-ethyl adjacent to an activating group) is 1.